The first-order valence-electron chi connectivity index (χ1n) is 7.15. The SMILES string of the molecule is CCCCCCCC(C)(CCC)S(=O)(=O)CC. The van der Waals surface area contributed by atoms with Crippen LogP contribution in [0.4, 0.5) is 0 Å². The van der Waals surface area contributed by atoms with E-state index in [1.165, 1.54) is 25.7 Å². The minimum absolute atomic E-state index is 0.276. The maximum absolute atomic E-state index is 12.1. The molecule has 0 aromatic rings. The van der Waals surface area contributed by atoms with E-state index in [9.17, 15) is 8.42 Å². The fourth-order valence-corrected chi connectivity index (χ4v) is 4.08. The van der Waals surface area contributed by atoms with Gasteiger partial charge in [-0.05, 0) is 19.8 Å². The second kappa shape index (κ2) is 8.12. The summed E-state index contributed by atoms with van der Waals surface area (Å²) in [5.41, 5.74) is 0. The lowest BCUT2D eigenvalue weighted by Crippen LogP contribution is -2.36. The van der Waals surface area contributed by atoms with Gasteiger partial charge in [-0.3, -0.25) is 0 Å². The van der Waals surface area contributed by atoms with Gasteiger partial charge in [-0.15, -0.1) is 0 Å². The Kier molecular flexibility index (Phi) is 8.10. The lowest BCUT2D eigenvalue weighted by Gasteiger charge is -2.28. The van der Waals surface area contributed by atoms with Gasteiger partial charge in [-0.25, -0.2) is 8.42 Å². The first-order chi connectivity index (χ1) is 7.93. The maximum Gasteiger partial charge on any atom is 0.155 e. The summed E-state index contributed by atoms with van der Waals surface area (Å²) in [5.74, 6) is 0.276. The summed E-state index contributed by atoms with van der Waals surface area (Å²) in [6.45, 7) is 7.97. The Labute approximate surface area is 108 Å². The van der Waals surface area contributed by atoms with Gasteiger partial charge in [-0.2, -0.15) is 0 Å². The summed E-state index contributed by atoms with van der Waals surface area (Å²) in [5, 5.41) is 0. The fraction of sp³-hybridized carbons (Fsp3) is 1.00. The predicted molar refractivity (Wildman–Crippen MR) is 76.1 cm³/mol. The van der Waals surface area contributed by atoms with E-state index >= 15 is 0 Å². The summed E-state index contributed by atoms with van der Waals surface area (Å²) in [6, 6.07) is 0. The number of hydrogen-bond acceptors (Lipinski definition) is 2. The Balaban J connectivity index is 4.33. The van der Waals surface area contributed by atoms with Gasteiger partial charge < -0.3 is 0 Å². The van der Waals surface area contributed by atoms with Crippen LogP contribution in [0.2, 0.25) is 0 Å². The minimum atomic E-state index is -2.91. The molecular formula is C14H30O2S. The van der Waals surface area contributed by atoms with Gasteiger partial charge >= 0.3 is 0 Å². The summed E-state index contributed by atoms with van der Waals surface area (Å²) >= 11 is 0. The highest BCUT2D eigenvalue weighted by Gasteiger charge is 2.35. The van der Waals surface area contributed by atoms with E-state index in [2.05, 4.69) is 13.8 Å². The summed E-state index contributed by atoms with van der Waals surface area (Å²) in [4.78, 5) is 0. The second-order valence-corrected chi connectivity index (χ2v) is 8.06. The zero-order valence-electron chi connectivity index (χ0n) is 12.1. The van der Waals surface area contributed by atoms with Crippen molar-refractivity contribution in [3.8, 4) is 0 Å². The van der Waals surface area contributed by atoms with Gasteiger partial charge in [0, 0.05) is 5.75 Å². The van der Waals surface area contributed by atoms with Crippen LogP contribution in [-0.2, 0) is 9.84 Å². The molecular weight excluding hydrogens is 232 g/mol. The third-order valence-corrected chi connectivity index (χ3v) is 6.39. The summed E-state index contributed by atoms with van der Waals surface area (Å²) in [6.07, 6.45) is 8.56. The lowest BCUT2D eigenvalue weighted by atomic mass is 9.97. The Bertz CT molecular complexity index is 283. The zero-order valence-corrected chi connectivity index (χ0v) is 12.9. The van der Waals surface area contributed by atoms with E-state index in [1.54, 1.807) is 6.92 Å². The average molecular weight is 262 g/mol. The maximum atomic E-state index is 12.1. The van der Waals surface area contributed by atoms with Crippen LogP contribution in [-0.4, -0.2) is 18.9 Å². The second-order valence-electron chi connectivity index (χ2n) is 5.27. The normalized spacial score (nSPS) is 15.8. The lowest BCUT2D eigenvalue weighted by molar-refractivity contribution is 0.451. The monoisotopic (exact) mass is 262 g/mol. The number of rotatable bonds is 10. The number of sulfone groups is 1. The molecule has 0 aromatic heterocycles. The van der Waals surface area contributed by atoms with Crippen LogP contribution in [0.3, 0.4) is 0 Å². The highest BCUT2D eigenvalue weighted by molar-refractivity contribution is 7.92. The van der Waals surface area contributed by atoms with Gasteiger partial charge in [0.1, 0.15) is 0 Å². The van der Waals surface area contributed by atoms with Crippen LogP contribution in [0.1, 0.15) is 79.1 Å². The van der Waals surface area contributed by atoms with Crippen LogP contribution in [0.5, 0.6) is 0 Å². The third kappa shape index (κ3) is 5.41. The van der Waals surface area contributed by atoms with E-state index in [0.717, 1.165) is 25.7 Å². The van der Waals surface area contributed by atoms with Gasteiger partial charge in [-0.1, -0.05) is 59.3 Å². The van der Waals surface area contributed by atoms with Crippen LogP contribution in [0.15, 0.2) is 0 Å². The first-order valence-corrected chi connectivity index (χ1v) is 8.81. The molecule has 3 heteroatoms. The third-order valence-electron chi connectivity index (χ3n) is 3.72. The molecule has 1 unspecified atom stereocenters. The molecule has 0 aliphatic carbocycles. The fourth-order valence-electron chi connectivity index (χ4n) is 2.42. The molecule has 0 spiro atoms. The van der Waals surface area contributed by atoms with Crippen molar-refractivity contribution in [2.24, 2.45) is 0 Å². The van der Waals surface area contributed by atoms with Crippen molar-refractivity contribution in [1.82, 2.24) is 0 Å². The van der Waals surface area contributed by atoms with Gasteiger partial charge in [0.2, 0.25) is 0 Å². The molecule has 0 amide bonds. The minimum Gasteiger partial charge on any atom is -0.228 e. The molecule has 2 nitrogen and oxygen atoms in total. The Morgan fingerprint density at radius 3 is 1.88 bits per heavy atom. The van der Waals surface area contributed by atoms with E-state index in [4.69, 9.17) is 0 Å². The summed E-state index contributed by atoms with van der Waals surface area (Å²) in [7, 11) is -2.91. The van der Waals surface area contributed by atoms with Crippen molar-refractivity contribution >= 4 is 9.84 Å². The van der Waals surface area contributed by atoms with E-state index in [-0.39, 0.29) is 5.75 Å². The van der Waals surface area contributed by atoms with Crippen molar-refractivity contribution in [1.29, 1.82) is 0 Å². The molecule has 0 saturated carbocycles. The van der Waals surface area contributed by atoms with Crippen LogP contribution >= 0.6 is 0 Å². The predicted octanol–water partition coefficient (Wildman–Crippen LogP) is 4.34. The van der Waals surface area contributed by atoms with Crippen molar-refractivity contribution in [2.45, 2.75) is 83.8 Å². The molecule has 0 saturated heterocycles. The molecule has 0 fully saturated rings. The molecule has 0 N–H and O–H groups in total. The Morgan fingerprint density at radius 2 is 1.41 bits per heavy atom. The first kappa shape index (κ1) is 16.9. The van der Waals surface area contributed by atoms with Crippen molar-refractivity contribution in [2.75, 3.05) is 5.75 Å². The molecule has 0 aliphatic rings. The van der Waals surface area contributed by atoms with Crippen LogP contribution < -0.4 is 0 Å². The van der Waals surface area contributed by atoms with E-state index < -0.39 is 14.6 Å². The summed E-state index contributed by atoms with van der Waals surface area (Å²) < 4.78 is 23.8. The molecule has 0 rings (SSSR count). The van der Waals surface area contributed by atoms with E-state index in [1.807, 2.05) is 6.92 Å². The quantitative estimate of drug-likeness (QED) is 0.549. The topological polar surface area (TPSA) is 34.1 Å². The highest BCUT2D eigenvalue weighted by Crippen LogP contribution is 2.30. The van der Waals surface area contributed by atoms with Gasteiger partial charge in [0.15, 0.2) is 9.84 Å². The van der Waals surface area contributed by atoms with Crippen LogP contribution in [0, 0.1) is 0 Å². The number of hydrogen-bond donors (Lipinski definition) is 0. The van der Waals surface area contributed by atoms with Crippen molar-refractivity contribution in [3.05, 3.63) is 0 Å². The zero-order chi connectivity index (χ0) is 13.4. The molecule has 0 radical (unpaired) electrons. The number of unbranched alkanes of at least 4 members (excludes halogenated alkanes) is 4. The van der Waals surface area contributed by atoms with Gasteiger partial charge in [0.25, 0.3) is 0 Å². The Hall–Kier alpha value is -0.0500. The molecule has 104 valence electrons. The molecule has 1 atom stereocenters. The van der Waals surface area contributed by atoms with Crippen molar-refractivity contribution in [3.63, 3.8) is 0 Å². The average Bonchev–Trinajstić information content (AvgIpc) is 2.29. The molecule has 17 heavy (non-hydrogen) atoms. The standard InChI is InChI=1S/C14H30O2S/c1-5-8-9-10-11-13-14(4,12-6-2)17(15,16)7-3/h5-13H2,1-4H3. The van der Waals surface area contributed by atoms with E-state index in [0.29, 0.717) is 0 Å². The largest absolute Gasteiger partial charge is 0.228 e. The van der Waals surface area contributed by atoms with Crippen LogP contribution in [0.25, 0.3) is 0 Å². The van der Waals surface area contributed by atoms with Crippen molar-refractivity contribution < 1.29 is 8.42 Å². The molecule has 0 heterocycles. The van der Waals surface area contributed by atoms with Gasteiger partial charge in [0.05, 0.1) is 4.75 Å². The Morgan fingerprint density at radius 1 is 0.824 bits per heavy atom. The highest BCUT2D eigenvalue weighted by atomic mass is 32.2. The smallest absolute Gasteiger partial charge is 0.155 e. The molecule has 0 aromatic carbocycles. The molecule has 0 aliphatic heterocycles. The molecule has 0 bridgehead atoms.